The van der Waals surface area contributed by atoms with Crippen molar-refractivity contribution in [3.8, 4) is 11.5 Å². The molecule has 3 aromatic rings. The quantitative estimate of drug-likeness (QED) is 0.333. The van der Waals surface area contributed by atoms with E-state index in [0.717, 1.165) is 11.3 Å². The maximum absolute atomic E-state index is 12.5. The Balaban J connectivity index is 1.63. The number of benzene rings is 2. The molecule has 1 N–H and O–H groups in total. The minimum absolute atomic E-state index is 0.150. The van der Waals surface area contributed by atoms with Gasteiger partial charge in [0.2, 0.25) is 5.91 Å². The summed E-state index contributed by atoms with van der Waals surface area (Å²) in [7, 11) is 0. The third-order valence-electron chi connectivity index (χ3n) is 4.59. The van der Waals surface area contributed by atoms with E-state index >= 15 is 0 Å². The van der Waals surface area contributed by atoms with Crippen LogP contribution in [0.4, 0.5) is 5.69 Å². The van der Waals surface area contributed by atoms with E-state index in [0.29, 0.717) is 35.6 Å². The molecule has 8 heteroatoms. The van der Waals surface area contributed by atoms with Crippen LogP contribution in [-0.4, -0.2) is 33.0 Å². The number of rotatable bonds is 11. The van der Waals surface area contributed by atoms with E-state index in [4.69, 9.17) is 9.47 Å². The molecule has 0 saturated carbocycles. The molecule has 0 radical (unpaired) electrons. The molecule has 0 saturated heterocycles. The first kappa shape index (κ1) is 23.4. The van der Waals surface area contributed by atoms with Gasteiger partial charge in [-0.25, -0.2) is 0 Å². The number of carbonyl (C=O) groups excluding carboxylic acids is 1. The van der Waals surface area contributed by atoms with Crippen LogP contribution < -0.4 is 14.8 Å². The summed E-state index contributed by atoms with van der Waals surface area (Å²) in [4.78, 5) is 12.5. The first-order valence-corrected chi connectivity index (χ1v) is 11.4. The second-order valence-corrected chi connectivity index (χ2v) is 8.06. The van der Waals surface area contributed by atoms with Crippen molar-refractivity contribution in [2.45, 2.75) is 39.1 Å². The maximum Gasteiger partial charge on any atom is 0.234 e. The molecule has 3 rings (SSSR count). The predicted molar refractivity (Wildman–Crippen MR) is 127 cm³/mol. The average Bonchev–Trinajstić information content (AvgIpc) is 3.15. The second kappa shape index (κ2) is 11.4. The number of nitrogens with one attached hydrogen (secondary N) is 1. The topological polar surface area (TPSA) is 78.3 Å². The van der Waals surface area contributed by atoms with Crippen molar-refractivity contribution in [3.05, 3.63) is 72.1 Å². The highest BCUT2D eigenvalue weighted by atomic mass is 32.2. The second-order valence-electron chi connectivity index (χ2n) is 7.12. The predicted octanol–water partition coefficient (Wildman–Crippen LogP) is 4.79. The summed E-state index contributed by atoms with van der Waals surface area (Å²) < 4.78 is 13.4. The van der Waals surface area contributed by atoms with Gasteiger partial charge in [0.25, 0.3) is 0 Å². The van der Waals surface area contributed by atoms with Crippen molar-refractivity contribution >= 4 is 23.4 Å². The third-order valence-corrected chi connectivity index (χ3v) is 5.55. The van der Waals surface area contributed by atoms with Gasteiger partial charge >= 0.3 is 0 Å². The Bertz CT molecular complexity index is 1080. The molecular weight excluding hydrogens is 424 g/mol. The van der Waals surface area contributed by atoms with E-state index in [1.165, 1.54) is 17.3 Å². The summed E-state index contributed by atoms with van der Waals surface area (Å²) in [6.45, 7) is 11.1. The molecule has 0 atom stereocenters. The lowest BCUT2D eigenvalue weighted by atomic mass is 10.1. The summed E-state index contributed by atoms with van der Waals surface area (Å²) in [5.41, 5.74) is 2.90. The lowest BCUT2D eigenvalue weighted by molar-refractivity contribution is -0.113. The van der Waals surface area contributed by atoms with Crippen LogP contribution in [0.15, 0.2) is 60.3 Å². The molecule has 0 fully saturated rings. The van der Waals surface area contributed by atoms with Crippen LogP contribution in [-0.2, 0) is 17.9 Å². The molecule has 168 valence electrons. The highest BCUT2D eigenvalue weighted by molar-refractivity contribution is 7.99. The molecule has 1 amide bonds. The summed E-state index contributed by atoms with van der Waals surface area (Å²) in [5, 5.41) is 12.0. The highest BCUT2D eigenvalue weighted by Crippen LogP contribution is 2.25. The van der Waals surface area contributed by atoms with Crippen LogP contribution >= 0.6 is 11.8 Å². The number of amides is 1. The fraction of sp³-hybridized carbons (Fsp3) is 0.292. The number of aryl methyl sites for hydroxylation is 2. The zero-order valence-electron chi connectivity index (χ0n) is 18.6. The molecule has 0 aliphatic heterocycles. The molecule has 32 heavy (non-hydrogen) atoms. The summed E-state index contributed by atoms with van der Waals surface area (Å²) in [6.07, 6.45) is 1.77. The number of allylic oxidation sites excluding steroid dienone is 1. The number of carbonyl (C=O) groups is 1. The van der Waals surface area contributed by atoms with Gasteiger partial charge in [-0.15, -0.1) is 16.8 Å². The Hall–Kier alpha value is -3.26. The van der Waals surface area contributed by atoms with Crippen LogP contribution in [0.1, 0.15) is 23.9 Å². The van der Waals surface area contributed by atoms with E-state index in [1.807, 2.05) is 61.7 Å². The first-order chi connectivity index (χ1) is 15.5. The molecule has 0 aliphatic carbocycles. The monoisotopic (exact) mass is 452 g/mol. The van der Waals surface area contributed by atoms with Gasteiger partial charge in [0, 0.05) is 6.54 Å². The van der Waals surface area contributed by atoms with Crippen LogP contribution in [0.25, 0.3) is 0 Å². The zero-order valence-corrected chi connectivity index (χ0v) is 19.4. The average molecular weight is 453 g/mol. The van der Waals surface area contributed by atoms with Crippen LogP contribution in [0.2, 0.25) is 0 Å². The van der Waals surface area contributed by atoms with Crippen LogP contribution in [0.3, 0.4) is 0 Å². The van der Waals surface area contributed by atoms with Crippen molar-refractivity contribution in [1.82, 2.24) is 14.8 Å². The highest BCUT2D eigenvalue weighted by Gasteiger charge is 2.15. The molecule has 7 nitrogen and oxygen atoms in total. The number of aromatic nitrogens is 3. The third kappa shape index (κ3) is 6.13. The molecule has 1 heterocycles. The normalized spacial score (nSPS) is 10.6. The van der Waals surface area contributed by atoms with Crippen molar-refractivity contribution in [2.75, 3.05) is 17.7 Å². The van der Waals surface area contributed by atoms with Gasteiger partial charge in [-0.2, -0.15) is 0 Å². The van der Waals surface area contributed by atoms with Gasteiger partial charge in [-0.05, 0) is 44.5 Å². The van der Waals surface area contributed by atoms with Gasteiger partial charge in [-0.3, -0.25) is 9.36 Å². The van der Waals surface area contributed by atoms with E-state index in [2.05, 4.69) is 28.2 Å². The van der Waals surface area contributed by atoms with Gasteiger partial charge in [0.15, 0.2) is 11.0 Å². The van der Waals surface area contributed by atoms with Gasteiger partial charge in [0.05, 0.1) is 18.0 Å². The van der Waals surface area contributed by atoms with E-state index < -0.39 is 0 Å². The van der Waals surface area contributed by atoms with Crippen molar-refractivity contribution in [3.63, 3.8) is 0 Å². The van der Waals surface area contributed by atoms with E-state index in [1.54, 1.807) is 6.08 Å². The Labute approximate surface area is 192 Å². The summed E-state index contributed by atoms with van der Waals surface area (Å²) in [5.74, 6) is 2.17. The molecule has 0 spiro atoms. The first-order valence-electron chi connectivity index (χ1n) is 10.4. The number of ether oxygens (including phenoxy) is 2. The van der Waals surface area contributed by atoms with E-state index in [-0.39, 0.29) is 18.3 Å². The molecule has 2 aromatic carbocycles. The number of para-hydroxylation sites is 2. The standard InChI is InChI=1S/C24H28N4O3S/c1-5-13-28-22(15-31-20-12-11-17(3)14-18(20)4)26-27-24(28)32-16-23(29)25-19-9-7-8-10-21(19)30-6-2/h5,7-12,14H,1,6,13,15-16H2,2-4H3,(H,25,29). The Morgan fingerprint density at radius 2 is 1.97 bits per heavy atom. The summed E-state index contributed by atoms with van der Waals surface area (Å²) >= 11 is 1.31. The van der Waals surface area contributed by atoms with Crippen molar-refractivity contribution < 1.29 is 14.3 Å². The Morgan fingerprint density at radius 1 is 1.16 bits per heavy atom. The molecule has 0 aliphatic rings. The van der Waals surface area contributed by atoms with Crippen LogP contribution in [0.5, 0.6) is 11.5 Å². The minimum atomic E-state index is -0.150. The van der Waals surface area contributed by atoms with E-state index in [9.17, 15) is 4.79 Å². The fourth-order valence-electron chi connectivity index (χ4n) is 3.12. The van der Waals surface area contributed by atoms with Gasteiger partial charge in [-0.1, -0.05) is 47.7 Å². The largest absolute Gasteiger partial charge is 0.492 e. The zero-order chi connectivity index (χ0) is 22.9. The molecule has 1 aromatic heterocycles. The van der Waals surface area contributed by atoms with Gasteiger partial charge < -0.3 is 14.8 Å². The molecule has 0 unspecified atom stereocenters. The lowest BCUT2D eigenvalue weighted by Crippen LogP contribution is -2.15. The summed E-state index contributed by atoms with van der Waals surface area (Å²) in [6, 6.07) is 13.4. The number of anilines is 1. The number of thioether (sulfide) groups is 1. The fourth-order valence-corrected chi connectivity index (χ4v) is 3.88. The van der Waals surface area contributed by atoms with Crippen LogP contribution in [0, 0.1) is 13.8 Å². The Kier molecular flexibility index (Phi) is 8.33. The molecule has 0 bridgehead atoms. The number of hydrogen-bond acceptors (Lipinski definition) is 6. The number of hydrogen-bond donors (Lipinski definition) is 1. The smallest absolute Gasteiger partial charge is 0.234 e. The SMILES string of the molecule is C=CCn1c(COc2ccc(C)cc2C)nnc1SCC(=O)Nc1ccccc1OCC. The van der Waals surface area contributed by atoms with Gasteiger partial charge in [0.1, 0.15) is 18.1 Å². The lowest BCUT2D eigenvalue weighted by Gasteiger charge is -2.12. The minimum Gasteiger partial charge on any atom is -0.492 e. The number of nitrogens with zero attached hydrogens (tertiary/aromatic N) is 3. The maximum atomic E-state index is 12.5. The Morgan fingerprint density at radius 3 is 2.72 bits per heavy atom. The molecular formula is C24H28N4O3S. The van der Waals surface area contributed by atoms with Crippen molar-refractivity contribution in [2.24, 2.45) is 0 Å². The van der Waals surface area contributed by atoms with Crippen molar-refractivity contribution in [1.29, 1.82) is 0 Å².